The van der Waals surface area contributed by atoms with Gasteiger partial charge in [-0.2, -0.15) is 0 Å². The van der Waals surface area contributed by atoms with Gasteiger partial charge in [0.1, 0.15) is 23.4 Å². The molecule has 0 aliphatic rings. The van der Waals surface area contributed by atoms with Crippen molar-refractivity contribution in [2.45, 2.75) is 97.4 Å². The fourth-order valence-corrected chi connectivity index (χ4v) is 4.56. The quantitative estimate of drug-likeness (QED) is 0.280. The first-order chi connectivity index (χ1) is 19.4. The van der Waals surface area contributed by atoms with Crippen molar-refractivity contribution in [3.05, 3.63) is 65.2 Å². The van der Waals surface area contributed by atoms with Crippen molar-refractivity contribution in [3.63, 3.8) is 0 Å². The van der Waals surface area contributed by atoms with Gasteiger partial charge in [0.15, 0.2) is 0 Å². The lowest BCUT2D eigenvalue weighted by molar-refractivity contribution is -0.142. The molecule has 3 unspecified atom stereocenters. The maximum atomic E-state index is 14.4. The zero-order chi connectivity index (χ0) is 30.6. The first-order valence-electron chi connectivity index (χ1n) is 14.3. The number of phenolic OH excluding ortho intramolecular Hbond substituents is 1. The Labute approximate surface area is 244 Å². The number of ether oxygens (including phenoxy) is 1. The van der Waals surface area contributed by atoms with E-state index in [0.29, 0.717) is 23.1 Å². The maximum Gasteiger partial charge on any atom is 0.408 e. The van der Waals surface area contributed by atoms with Crippen LogP contribution in [0.3, 0.4) is 0 Å². The topological polar surface area (TPSA) is 108 Å². The molecule has 3 atom stereocenters. The Hall–Kier alpha value is -3.99. The summed E-state index contributed by atoms with van der Waals surface area (Å²) in [6, 6.07) is 11.4. The molecule has 0 aromatic heterocycles. The molecule has 0 heterocycles. The van der Waals surface area contributed by atoms with Crippen LogP contribution in [0.5, 0.6) is 5.75 Å². The molecule has 8 heteroatoms. The molecule has 0 saturated carbocycles. The number of phenols is 1. The highest BCUT2D eigenvalue weighted by atomic mass is 16.6. The molecule has 41 heavy (non-hydrogen) atoms. The summed E-state index contributed by atoms with van der Waals surface area (Å²) in [5.74, 6) is 1.98. The predicted molar refractivity (Wildman–Crippen MR) is 161 cm³/mol. The van der Waals surface area contributed by atoms with Gasteiger partial charge in [-0.15, -0.1) is 6.42 Å². The van der Waals surface area contributed by atoms with Crippen LogP contribution in [-0.4, -0.2) is 52.1 Å². The molecule has 0 radical (unpaired) electrons. The van der Waals surface area contributed by atoms with Crippen molar-refractivity contribution in [1.82, 2.24) is 15.5 Å². The number of benzene rings is 2. The largest absolute Gasteiger partial charge is 0.508 e. The molecule has 2 aromatic rings. The fourth-order valence-electron chi connectivity index (χ4n) is 4.56. The van der Waals surface area contributed by atoms with E-state index in [9.17, 15) is 19.5 Å². The van der Waals surface area contributed by atoms with Crippen LogP contribution < -0.4 is 10.6 Å². The molecule has 0 spiro atoms. The number of hydrogen-bond acceptors (Lipinski definition) is 5. The van der Waals surface area contributed by atoms with Crippen LogP contribution >= 0.6 is 0 Å². The fraction of sp³-hybridized carbons (Fsp3) is 0.485. The van der Waals surface area contributed by atoms with Gasteiger partial charge in [-0.05, 0) is 69.9 Å². The molecule has 3 amide bonds. The number of rotatable bonds is 13. The molecule has 2 aromatic carbocycles. The van der Waals surface area contributed by atoms with Crippen molar-refractivity contribution in [2.24, 2.45) is 0 Å². The molecule has 8 nitrogen and oxygen atoms in total. The molecule has 0 bridgehead atoms. The number of carbonyl (C=O) groups excluding carboxylic acids is 3. The van der Waals surface area contributed by atoms with Gasteiger partial charge in [0.05, 0.1) is 0 Å². The number of amides is 3. The van der Waals surface area contributed by atoms with Crippen molar-refractivity contribution < 1.29 is 24.2 Å². The van der Waals surface area contributed by atoms with Crippen LogP contribution in [0, 0.1) is 12.3 Å². The van der Waals surface area contributed by atoms with E-state index >= 15 is 0 Å². The lowest BCUT2D eigenvalue weighted by Crippen LogP contribution is -2.54. The molecular weight excluding hydrogens is 518 g/mol. The predicted octanol–water partition coefficient (Wildman–Crippen LogP) is 5.48. The smallest absolute Gasteiger partial charge is 0.408 e. The Kier molecular flexibility index (Phi) is 12.7. The monoisotopic (exact) mass is 563 g/mol. The van der Waals surface area contributed by atoms with Crippen molar-refractivity contribution in [3.8, 4) is 18.1 Å². The number of carbonyl (C=O) groups is 3. The molecule has 2 rings (SSSR count). The van der Waals surface area contributed by atoms with Crippen molar-refractivity contribution in [2.75, 3.05) is 6.54 Å². The number of nitrogens with one attached hydrogen (secondary N) is 2. The van der Waals surface area contributed by atoms with E-state index in [0.717, 1.165) is 19.3 Å². The second-order valence-electron chi connectivity index (χ2n) is 11.3. The number of hydrogen-bond donors (Lipinski definition) is 3. The van der Waals surface area contributed by atoms with Crippen LogP contribution in [0.15, 0.2) is 48.5 Å². The SMILES string of the molecule is C#Cc1ccccc1C(C(=O)NC(C)CCC)N(CCCC)C(=O)C(Cc1ccc(O)cc1)NC(=O)OC(C)(C)C. The van der Waals surface area contributed by atoms with Gasteiger partial charge < -0.3 is 25.4 Å². The third-order valence-electron chi connectivity index (χ3n) is 6.48. The molecule has 3 N–H and O–H groups in total. The summed E-state index contributed by atoms with van der Waals surface area (Å²) in [5.41, 5.74) is 0.998. The van der Waals surface area contributed by atoms with Gasteiger partial charge in [-0.25, -0.2) is 4.79 Å². The second-order valence-corrected chi connectivity index (χ2v) is 11.3. The maximum absolute atomic E-state index is 14.4. The van der Waals surface area contributed by atoms with Crippen LogP contribution in [0.25, 0.3) is 0 Å². The lowest BCUT2D eigenvalue weighted by atomic mass is 9.96. The van der Waals surface area contributed by atoms with Crippen LogP contribution in [0.2, 0.25) is 0 Å². The molecule has 0 fully saturated rings. The average Bonchev–Trinajstić information content (AvgIpc) is 2.90. The second kappa shape index (κ2) is 15.7. The Morgan fingerprint density at radius 3 is 2.27 bits per heavy atom. The summed E-state index contributed by atoms with van der Waals surface area (Å²) in [4.78, 5) is 42.8. The Balaban J connectivity index is 2.61. The van der Waals surface area contributed by atoms with Gasteiger partial charge in [0.2, 0.25) is 11.8 Å². The number of terminal acetylenes is 1. The van der Waals surface area contributed by atoms with Crippen molar-refractivity contribution in [1.29, 1.82) is 0 Å². The first kappa shape index (κ1) is 33.2. The van der Waals surface area contributed by atoms with E-state index in [1.165, 1.54) is 17.0 Å². The Bertz CT molecular complexity index is 1200. The molecule has 0 saturated heterocycles. The summed E-state index contributed by atoms with van der Waals surface area (Å²) >= 11 is 0. The van der Waals surface area contributed by atoms with Crippen LogP contribution in [-0.2, 0) is 20.7 Å². The highest BCUT2D eigenvalue weighted by Gasteiger charge is 2.37. The number of unbranched alkanes of at least 4 members (excludes halogenated alkanes) is 1. The number of aromatic hydroxyl groups is 1. The minimum atomic E-state index is -1.05. The third-order valence-corrected chi connectivity index (χ3v) is 6.48. The molecule has 0 aliphatic carbocycles. The minimum absolute atomic E-state index is 0.0881. The van der Waals surface area contributed by atoms with Crippen LogP contribution in [0.1, 0.15) is 90.0 Å². The summed E-state index contributed by atoms with van der Waals surface area (Å²) < 4.78 is 5.48. The highest BCUT2D eigenvalue weighted by molar-refractivity contribution is 5.92. The molecule has 0 aliphatic heterocycles. The van der Waals surface area contributed by atoms with Gasteiger partial charge in [-0.3, -0.25) is 9.59 Å². The zero-order valence-corrected chi connectivity index (χ0v) is 25.2. The van der Waals surface area contributed by atoms with Gasteiger partial charge >= 0.3 is 6.09 Å². The minimum Gasteiger partial charge on any atom is -0.508 e. The first-order valence-corrected chi connectivity index (χ1v) is 14.3. The van der Waals surface area contributed by atoms with E-state index in [1.54, 1.807) is 57.2 Å². The summed E-state index contributed by atoms with van der Waals surface area (Å²) in [7, 11) is 0. The Morgan fingerprint density at radius 1 is 1.02 bits per heavy atom. The van der Waals surface area contributed by atoms with Crippen LogP contribution in [0.4, 0.5) is 4.79 Å². The normalized spacial score (nSPS) is 13.3. The number of alkyl carbamates (subject to hydrolysis) is 1. The molecule has 222 valence electrons. The highest BCUT2D eigenvalue weighted by Crippen LogP contribution is 2.27. The van der Waals surface area contributed by atoms with Gasteiger partial charge in [0.25, 0.3) is 0 Å². The zero-order valence-electron chi connectivity index (χ0n) is 25.2. The lowest BCUT2D eigenvalue weighted by Gasteiger charge is -2.35. The summed E-state index contributed by atoms with van der Waals surface area (Å²) in [5, 5.41) is 15.6. The molecular formula is C33H45N3O5. The Morgan fingerprint density at radius 2 is 1.68 bits per heavy atom. The number of nitrogens with zero attached hydrogens (tertiary/aromatic N) is 1. The van der Waals surface area contributed by atoms with E-state index < -0.39 is 29.7 Å². The van der Waals surface area contributed by atoms with Crippen molar-refractivity contribution >= 4 is 17.9 Å². The van der Waals surface area contributed by atoms with E-state index in [-0.39, 0.29) is 30.7 Å². The van der Waals surface area contributed by atoms with Gasteiger partial charge in [-0.1, -0.05) is 62.9 Å². The standard InChI is InChI=1S/C33H45N3O5/c1-8-11-21-36(29(30(38)34-23(4)14-9-2)27-16-13-12-15-25(27)10-3)31(39)28(35-32(40)41-33(5,6)7)22-24-17-19-26(37)20-18-24/h3,12-13,15-20,23,28-29,37H,8-9,11,14,21-22H2,1-2,4-7H3,(H,34,38)(H,35,40). The van der Waals surface area contributed by atoms with Gasteiger partial charge in [0, 0.05) is 24.6 Å². The van der Waals surface area contributed by atoms with E-state index in [1.807, 2.05) is 20.8 Å². The summed E-state index contributed by atoms with van der Waals surface area (Å²) in [6.45, 7) is 11.5. The van der Waals surface area contributed by atoms with E-state index in [2.05, 4.69) is 16.6 Å². The average molecular weight is 564 g/mol. The summed E-state index contributed by atoms with van der Waals surface area (Å²) in [6.07, 6.45) is 8.30. The van der Waals surface area contributed by atoms with E-state index in [4.69, 9.17) is 11.2 Å². The third kappa shape index (κ3) is 10.5.